The maximum atomic E-state index is 12.2. The largest absolute Gasteiger partial charge is 0.496 e. The van der Waals surface area contributed by atoms with E-state index in [0.717, 1.165) is 11.3 Å². The number of methoxy groups -OCH3 is 1. The summed E-state index contributed by atoms with van der Waals surface area (Å²) in [7, 11) is 2.65. The van der Waals surface area contributed by atoms with Crippen LogP contribution in [0.1, 0.15) is 32.4 Å². The lowest BCUT2D eigenvalue weighted by Crippen LogP contribution is -2.31. The predicted molar refractivity (Wildman–Crippen MR) is 77.6 cm³/mol. The number of hydrogen-bond acceptors (Lipinski definition) is 3. The Morgan fingerprint density at radius 2 is 1.94 bits per heavy atom. The topological polar surface area (TPSA) is 38.3 Å². The second-order valence-corrected chi connectivity index (χ2v) is 7.46. The Bertz CT molecular complexity index is 413. The van der Waals surface area contributed by atoms with Crippen molar-refractivity contribution < 1.29 is 8.95 Å². The van der Waals surface area contributed by atoms with Gasteiger partial charge in [0.1, 0.15) is 5.75 Å². The molecule has 4 heteroatoms. The van der Waals surface area contributed by atoms with Gasteiger partial charge in [0.05, 0.1) is 7.11 Å². The lowest BCUT2D eigenvalue weighted by molar-refractivity contribution is 0.404. The maximum absolute atomic E-state index is 12.2. The van der Waals surface area contributed by atoms with E-state index in [0.29, 0.717) is 5.75 Å². The molecule has 18 heavy (non-hydrogen) atoms. The third-order valence-corrected chi connectivity index (χ3v) is 4.87. The van der Waals surface area contributed by atoms with Crippen LogP contribution < -0.4 is 10.1 Å². The van der Waals surface area contributed by atoms with Crippen molar-refractivity contribution in [2.24, 2.45) is 0 Å². The van der Waals surface area contributed by atoms with Gasteiger partial charge in [-0.15, -0.1) is 0 Å². The Balaban J connectivity index is 2.93. The summed E-state index contributed by atoms with van der Waals surface area (Å²) in [4.78, 5) is 0. The van der Waals surface area contributed by atoms with Crippen LogP contribution in [0, 0.1) is 0 Å². The van der Waals surface area contributed by atoms with E-state index in [1.165, 1.54) is 0 Å². The second kappa shape index (κ2) is 6.34. The van der Waals surface area contributed by atoms with Gasteiger partial charge in [-0.1, -0.05) is 18.2 Å². The number of nitrogens with one attached hydrogen (secondary N) is 1. The van der Waals surface area contributed by atoms with Crippen molar-refractivity contribution in [3.63, 3.8) is 0 Å². The molecular formula is C14H23NO2S. The third-order valence-electron chi connectivity index (χ3n) is 2.86. The minimum atomic E-state index is -0.896. The number of hydrogen-bond donors (Lipinski definition) is 1. The minimum absolute atomic E-state index is 0.0428. The summed E-state index contributed by atoms with van der Waals surface area (Å²) in [5, 5.41) is 3.22. The van der Waals surface area contributed by atoms with Crippen LogP contribution in [-0.2, 0) is 10.8 Å². The van der Waals surface area contributed by atoms with Crippen molar-refractivity contribution in [1.29, 1.82) is 0 Å². The first kappa shape index (κ1) is 15.2. The van der Waals surface area contributed by atoms with E-state index in [9.17, 15) is 4.21 Å². The van der Waals surface area contributed by atoms with Gasteiger partial charge in [0.2, 0.25) is 0 Å². The van der Waals surface area contributed by atoms with Gasteiger partial charge in [0.15, 0.2) is 0 Å². The first-order valence-electron chi connectivity index (χ1n) is 6.08. The van der Waals surface area contributed by atoms with Crippen LogP contribution in [0.4, 0.5) is 0 Å². The predicted octanol–water partition coefficient (Wildman–Crippen LogP) is 2.50. The van der Waals surface area contributed by atoms with E-state index < -0.39 is 10.8 Å². The molecule has 0 amide bonds. The zero-order valence-corrected chi connectivity index (χ0v) is 12.6. The average Bonchev–Trinajstić information content (AvgIpc) is 2.34. The Morgan fingerprint density at radius 3 is 2.44 bits per heavy atom. The van der Waals surface area contributed by atoms with E-state index in [1.807, 2.05) is 52.1 Å². The summed E-state index contributed by atoms with van der Waals surface area (Å²) in [6.45, 7) is 5.99. The van der Waals surface area contributed by atoms with E-state index in [2.05, 4.69) is 5.32 Å². The molecule has 0 saturated carbocycles. The zero-order chi connectivity index (χ0) is 13.8. The van der Waals surface area contributed by atoms with E-state index >= 15 is 0 Å². The summed E-state index contributed by atoms with van der Waals surface area (Å²) >= 11 is 0. The van der Waals surface area contributed by atoms with Gasteiger partial charge >= 0.3 is 0 Å². The standard InChI is InChI=1S/C14H23NO2S/c1-14(2,3)18(16)10-12(15-4)11-8-6-7-9-13(11)17-5/h6-9,12,15H,10H2,1-5H3. The normalized spacial score (nSPS) is 15.2. The molecule has 1 rings (SSSR count). The Labute approximate surface area is 112 Å². The molecule has 102 valence electrons. The van der Waals surface area contributed by atoms with Crippen LogP contribution in [-0.4, -0.2) is 28.9 Å². The second-order valence-electron chi connectivity index (χ2n) is 5.21. The van der Waals surface area contributed by atoms with Crippen molar-refractivity contribution in [3.8, 4) is 5.75 Å². The van der Waals surface area contributed by atoms with Crippen molar-refractivity contribution in [1.82, 2.24) is 5.32 Å². The molecule has 3 nitrogen and oxygen atoms in total. The molecule has 0 bridgehead atoms. The molecule has 2 atom stereocenters. The zero-order valence-electron chi connectivity index (χ0n) is 11.8. The van der Waals surface area contributed by atoms with Gasteiger partial charge in [-0.25, -0.2) is 0 Å². The van der Waals surface area contributed by atoms with Crippen molar-refractivity contribution in [3.05, 3.63) is 29.8 Å². The average molecular weight is 269 g/mol. The van der Waals surface area contributed by atoms with Crippen LogP contribution in [0.15, 0.2) is 24.3 Å². The van der Waals surface area contributed by atoms with Crippen molar-refractivity contribution in [2.45, 2.75) is 31.6 Å². The van der Waals surface area contributed by atoms with E-state index in [4.69, 9.17) is 4.74 Å². The van der Waals surface area contributed by atoms with Crippen molar-refractivity contribution >= 4 is 10.8 Å². The first-order valence-corrected chi connectivity index (χ1v) is 7.40. The number of benzene rings is 1. The smallest absolute Gasteiger partial charge is 0.123 e. The van der Waals surface area contributed by atoms with E-state index in [-0.39, 0.29) is 10.8 Å². The molecule has 0 aliphatic rings. The summed E-state index contributed by atoms with van der Waals surface area (Å²) in [5.41, 5.74) is 1.06. The molecule has 1 aromatic rings. The van der Waals surface area contributed by atoms with Crippen LogP contribution in [0.2, 0.25) is 0 Å². The molecule has 0 spiro atoms. The third kappa shape index (κ3) is 3.82. The fourth-order valence-electron chi connectivity index (χ4n) is 1.68. The summed E-state index contributed by atoms with van der Waals surface area (Å²) in [6.07, 6.45) is 0. The molecular weight excluding hydrogens is 246 g/mol. The highest BCUT2D eigenvalue weighted by Crippen LogP contribution is 2.27. The van der Waals surface area contributed by atoms with Gasteiger partial charge in [-0.05, 0) is 33.9 Å². The van der Waals surface area contributed by atoms with Gasteiger partial charge in [0, 0.05) is 32.9 Å². The minimum Gasteiger partial charge on any atom is -0.496 e. The monoisotopic (exact) mass is 269 g/mol. The highest BCUT2D eigenvalue weighted by atomic mass is 32.2. The molecule has 0 fully saturated rings. The molecule has 0 aliphatic carbocycles. The Morgan fingerprint density at radius 1 is 1.33 bits per heavy atom. The summed E-state index contributed by atoms with van der Waals surface area (Å²) < 4.78 is 17.4. The van der Waals surface area contributed by atoms with Crippen molar-refractivity contribution in [2.75, 3.05) is 19.9 Å². The maximum Gasteiger partial charge on any atom is 0.123 e. The van der Waals surface area contributed by atoms with Crippen LogP contribution in [0.5, 0.6) is 5.75 Å². The number of ether oxygens (including phenoxy) is 1. The highest BCUT2D eigenvalue weighted by molar-refractivity contribution is 7.86. The molecule has 0 aromatic heterocycles. The lowest BCUT2D eigenvalue weighted by Gasteiger charge is -2.24. The Hall–Kier alpha value is -0.870. The van der Waals surface area contributed by atoms with Gasteiger partial charge in [-0.3, -0.25) is 4.21 Å². The fraction of sp³-hybridized carbons (Fsp3) is 0.571. The van der Waals surface area contributed by atoms with Gasteiger partial charge in [0.25, 0.3) is 0 Å². The molecule has 0 aliphatic heterocycles. The Kier molecular flexibility index (Phi) is 5.35. The highest BCUT2D eigenvalue weighted by Gasteiger charge is 2.24. The number of para-hydroxylation sites is 1. The lowest BCUT2D eigenvalue weighted by atomic mass is 10.1. The molecule has 0 heterocycles. The quantitative estimate of drug-likeness (QED) is 0.892. The summed E-state index contributed by atoms with van der Waals surface area (Å²) in [6, 6.07) is 7.90. The van der Waals surface area contributed by atoms with Crippen LogP contribution in [0.25, 0.3) is 0 Å². The van der Waals surface area contributed by atoms with E-state index in [1.54, 1.807) is 7.11 Å². The molecule has 1 N–H and O–H groups in total. The SMILES string of the molecule is CNC(CS(=O)C(C)(C)C)c1ccccc1OC. The number of rotatable bonds is 5. The molecule has 0 saturated heterocycles. The summed E-state index contributed by atoms with van der Waals surface area (Å²) in [5.74, 6) is 1.42. The van der Waals surface area contributed by atoms with Gasteiger partial charge in [-0.2, -0.15) is 0 Å². The molecule has 1 aromatic carbocycles. The van der Waals surface area contributed by atoms with Gasteiger partial charge < -0.3 is 10.1 Å². The fourth-order valence-corrected chi connectivity index (χ4v) is 2.83. The van der Waals surface area contributed by atoms with Crippen LogP contribution >= 0.6 is 0 Å². The molecule has 0 radical (unpaired) electrons. The molecule has 2 unspecified atom stereocenters. The first-order chi connectivity index (χ1) is 8.40. The van der Waals surface area contributed by atoms with Crippen LogP contribution in [0.3, 0.4) is 0 Å².